The van der Waals surface area contributed by atoms with Crippen LogP contribution in [0.5, 0.6) is 0 Å². The molecular formula is C20H16ClN3O2S2. The van der Waals surface area contributed by atoms with Crippen LogP contribution in [0.15, 0.2) is 57.5 Å². The standard InChI is InChI=1S/C20H16ClN3O2S2/c1-12-2-5-14(6-3-12)22-18(25)9-19-23-15(10-27-19)11-28-20-24-16-8-13(21)4-7-17(16)26-20/h2-8,10H,9,11H2,1H3,(H,22,25). The van der Waals surface area contributed by atoms with Gasteiger partial charge in [-0.3, -0.25) is 4.79 Å². The fourth-order valence-electron chi connectivity index (χ4n) is 2.55. The van der Waals surface area contributed by atoms with Gasteiger partial charge in [0.25, 0.3) is 5.22 Å². The van der Waals surface area contributed by atoms with Gasteiger partial charge >= 0.3 is 0 Å². The first-order valence-electron chi connectivity index (χ1n) is 8.54. The molecule has 2 aromatic carbocycles. The number of hydrogen-bond donors (Lipinski definition) is 1. The molecular weight excluding hydrogens is 414 g/mol. The number of anilines is 1. The second kappa shape index (κ2) is 8.34. The van der Waals surface area contributed by atoms with E-state index in [1.807, 2.05) is 42.6 Å². The van der Waals surface area contributed by atoms with Crippen molar-refractivity contribution >= 4 is 57.4 Å². The van der Waals surface area contributed by atoms with E-state index in [4.69, 9.17) is 16.0 Å². The first-order valence-corrected chi connectivity index (χ1v) is 10.8. The van der Waals surface area contributed by atoms with Crippen molar-refractivity contribution in [3.63, 3.8) is 0 Å². The van der Waals surface area contributed by atoms with Crippen LogP contribution in [0.3, 0.4) is 0 Å². The average Bonchev–Trinajstić information content (AvgIpc) is 3.27. The Morgan fingerprint density at radius 3 is 2.86 bits per heavy atom. The lowest BCUT2D eigenvalue weighted by atomic mass is 10.2. The second-order valence-corrected chi connectivity index (χ2v) is 8.51. The first-order chi connectivity index (χ1) is 13.5. The maximum absolute atomic E-state index is 12.2. The van der Waals surface area contributed by atoms with Crippen molar-refractivity contribution in [1.82, 2.24) is 9.97 Å². The van der Waals surface area contributed by atoms with Crippen LogP contribution >= 0.6 is 34.7 Å². The van der Waals surface area contributed by atoms with Crippen molar-refractivity contribution in [2.45, 2.75) is 24.3 Å². The SMILES string of the molecule is Cc1ccc(NC(=O)Cc2nc(CSc3nc4cc(Cl)ccc4o3)cs2)cc1. The van der Waals surface area contributed by atoms with Gasteiger partial charge in [-0.1, -0.05) is 41.1 Å². The summed E-state index contributed by atoms with van der Waals surface area (Å²) < 4.78 is 5.70. The number of thioether (sulfide) groups is 1. The summed E-state index contributed by atoms with van der Waals surface area (Å²) in [6.07, 6.45) is 0.255. The van der Waals surface area contributed by atoms with E-state index >= 15 is 0 Å². The van der Waals surface area contributed by atoms with Crippen LogP contribution in [0.4, 0.5) is 5.69 Å². The third-order valence-electron chi connectivity index (χ3n) is 3.92. The zero-order valence-corrected chi connectivity index (χ0v) is 17.3. The predicted molar refractivity (Wildman–Crippen MR) is 114 cm³/mol. The van der Waals surface area contributed by atoms with Crippen LogP contribution in [0.2, 0.25) is 5.02 Å². The van der Waals surface area contributed by atoms with E-state index in [1.165, 1.54) is 23.1 Å². The lowest BCUT2D eigenvalue weighted by Gasteiger charge is -2.04. The number of halogens is 1. The summed E-state index contributed by atoms with van der Waals surface area (Å²) in [6, 6.07) is 13.1. The molecule has 142 valence electrons. The smallest absolute Gasteiger partial charge is 0.257 e. The van der Waals surface area contributed by atoms with E-state index in [-0.39, 0.29) is 12.3 Å². The number of aromatic nitrogens is 2. The van der Waals surface area contributed by atoms with E-state index in [1.54, 1.807) is 12.1 Å². The molecule has 0 saturated heterocycles. The third kappa shape index (κ3) is 4.73. The Bertz CT molecular complexity index is 1120. The van der Waals surface area contributed by atoms with E-state index < -0.39 is 0 Å². The molecule has 0 radical (unpaired) electrons. The number of nitrogens with one attached hydrogen (secondary N) is 1. The molecule has 2 aromatic heterocycles. The number of carbonyl (C=O) groups excluding carboxylic acids is 1. The predicted octanol–water partition coefficient (Wildman–Crippen LogP) is 5.72. The van der Waals surface area contributed by atoms with Gasteiger partial charge in [0.1, 0.15) is 10.5 Å². The van der Waals surface area contributed by atoms with Crippen molar-refractivity contribution in [2.24, 2.45) is 0 Å². The summed E-state index contributed by atoms with van der Waals surface area (Å²) in [5, 5.41) is 6.84. The number of carbonyl (C=O) groups is 1. The second-order valence-electron chi connectivity index (χ2n) is 6.20. The first kappa shape index (κ1) is 19.0. The Morgan fingerprint density at radius 1 is 1.21 bits per heavy atom. The van der Waals surface area contributed by atoms with Gasteiger partial charge in [-0.2, -0.15) is 0 Å². The molecule has 1 N–H and O–H groups in total. The third-order valence-corrected chi connectivity index (χ3v) is 5.91. The van der Waals surface area contributed by atoms with Crippen molar-refractivity contribution in [3.05, 3.63) is 69.1 Å². The van der Waals surface area contributed by atoms with Crippen molar-refractivity contribution in [3.8, 4) is 0 Å². The quantitative estimate of drug-likeness (QED) is 0.397. The number of hydrogen-bond acceptors (Lipinski definition) is 6. The number of benzene rings is 2. The number of aryl methyl sites for hydroxylation is 1. The number of fused-ring (bicyclic) bond motifs is 1. The molecule has 0 fully saturated rings. The molecule has 4 rings (SSSR count). The minimum Gasteiger partial charge on any atom is -0.431 e. The maximum Gasteiger partial charge on any atom is 0.257 e. The van der Waals surface area contributed by atoms with Crippen LogP contribution in [0.1, 0.15) is 16.3 Å². The molecule has 0 unspecified atom stereocenters. The number of rotatable bonds is 6. The molecule has 0 aliphatic rings. The normalized spacial score (nSPS) is 11.1. The van der Waals surface area contributed by atoms with Crippen molar-refractivity contribution in [2.75, 3.05) is 5.32 Å². The number of amides is 1. The van der Waals surface area contributed by atoms with Crippen LogP contribution < -0.4 is 5.32 Å². The molecule has 0 spiro atoms. The summed E-state index contributed by atoms with van der Waals surface area (Å²) in [6.45, 7) is 2.01. The molecule has 0 saturated carbocycles. The number of nitrogens with zero attached hydrogens (tertiary/aromatic N) is 2. The topological polar surface area (TPSA) is 68.0 Å². The molecule has 2 heterocycles. The fraction of sp³-hybridized carbons (Fsp3) is 0.150. The Morgan fingerprint density at radius 2 is 2.04 bits per heavy atom. The number of oxazole rings is 1. The lowest BCUT2D eigenvalue weighted by Crippen LogP contribution is -2.14. The fourth-order valence-corrected chi connectivity index (χ4v) is 4.35. The summed E-state index contributed by atoms with van der Waals surface area (Å²) in [4.78, 5) is 21.2. The highest BCUT2D eigenvalue weighted by atomic mass is 35.5. The van der Waals surface area contributed by atoms with Crippen molar-refractivity contribution in [1.29, 1.82) is 0 Å². The van der Waals surface area contributed by atoms with Crippen LogP contribution in [0.25, 0.3) is 11.1 Å². The summed E-state index contributed by atoms with van der Waals surface area (Å²) in [5.41, 5.74) is 4.29. The van der Waals surface area contributed by atoms with Crippen LogP contribution in [-0.2, 0) is 17.0 Å². The zero-order valence-electron chi connectivity index (χ0n) is 14.9. The zero-order chi connectivity index (χ0) is 19.5. The van der Waals surface area contributed by atoms with Gasteiger partial charge in [-0.05, 0) is 37.3 Å². The van der Waals surface area contributed by atoms with Crippen molar-refractivity contribution < 1.29 is 9.21 Å². The number of thiazole rings is 1. The van der Waals surface area contributed by atoms with Gasteiger partial charge in [0, 0.05) is 21.8 Å². The highest BCUT2D eigenvalue weighted by Crippen LogP contribution is 2.28. The van der Waals surface area contributed by atoms with Gasteiger partial charge < -0.3 is 9.73 Å². The Balaban J connectivity index is 1.33. The van der Waals surface area contributed by atoms with Gasteiger partial charge in [0.05, 0.1) is 12.1 Å². The van der Waals surface area contributed by atoms with Gasteiger partial charge in [0.2, 0.25) is 5.91 Å². The Kier molecular flexibility index (Phi) is 5.66. The maximum atomic E-state index is 12.2. The van der Waals surface area contributed by atoms with E-state index in [0.717, 1.165) is 27.5 Å². The largest absolute Gasteiger partial charge is 0.431 e. The van der Waals surface area contributed by atoms with Gasteiger partial charge in [-0.25, -0.2) is 9.97 Å². The molecule has 8 heteroatoms. The van der Waals surface area contributed by atoms with Gasteiger partial charge in [-0.15, -0.1) is 11.3 Å². The molecule has 4 aromatic rings. The molecule has 0 aliphatic heterocycles. The molecule has 0 bridgehead atoms. The van der Waals surface area contributed by atoms with Crippen LogP contribution in [0, 0.1) is 6.92 Å². The summed E-state index contributed by atoms with van der Waals surface area (Å²) in [5.74, 6) is 0.546. The van der Waals surface area contributed by atoms with E-state index in [0.29, 0.717) is 21.6 Å². The molecule has 1 amide bonds. The Hall–Kier alpha value is -2.35. The molecule has 5 nitrogen and oxygen atoms in total. The van der Waals surface area contributed by atoms with E-state index in [9.17, 15) is 4.79 Å². The lowest BCUT2D eigenvalue weighted by molar-refractivity contribution is -0.115. The molecule has 0 atom stereocenters. The summed E-state index contributed by atoms with van der Waals surface area (Å²) >= 11 is 8.92. The average molecular weight is 430 g/mol. The Labute approximate surface area is 175 Å². The summed E-state index contributed by atoms with van der Waals surface area (Å²) in [7, 11) is 0. The highest BCUT2D eigenvalue weighted by molar-refractivity contribution is 7.98. The van der Waals surface area contributed by atoms with Crippen LogP contribution in [-0.4, -0.2) is 15.9 Å². The highest BCUT2D eigenvalue weighted by Gasteiger charge is 2.11. The minimum atomic E-state index is -0.0757. The monoisotopic (exact) mass is 429 g/mol. The molecule has 28 heavy (non-hydrogen) atoms. The minimum absolute atomic E-state index is 0.0757. The van der Waals surface area contributed by atoms with E-state index in [2.05, 4.69) is 15.3 Å². The van der Waals surface area contributed by atoms with Gasteiger partial charge in [0.15, 0.2) is 5.58 Å². The molecule has 0 aliphatic carbocycles.